The van der Waals surface area contributed by atoms with Crippen LogP contribution in [0.2, 0.25) is 0 Å². The molecule has 0 aromatic carbocycles. The van der Waals surface area contributed by atoms with Crippen LogP contribution < -0.4 is 5.32 Å². The second-order valence-electron chi connectivity index (χ2n) is 7.61. The molecule has 1 aliphatic heterocycles. The molecule has 0 aromatic rings. The SMILES string of the molecule is CCC1(C)CN(C2CCCCC2C)C(C(C)C)CN1. The van der Waals surface area contributed by atoms with E-state index in [1.54, 1.807) is 0 Å². The number of nitrogens with one attached hydrogen (secondary N) is 1. The zero-order chi connectivity index (χ0) is 14.0. The Balaban J connectivity index is 2.15. The summed E-state index contributed by atoms with van der Waals surface area (Å²) in [5, 5.41) is 3.82. The van der Waals surface area contributed by atoms with Crippen LogP contribution in [0.3, 0.4) is 0 Å². The molecule has 4 unspecified atom stereocenters. The van der Waals surface area contributed by atoms with E-state index >= 15 is 0 Å². The normalized spacial score (nSPS) is 41.7. The maximum atomic E-state index is 3.82. The first kappa shape index (κ1) is 15.3. The largest absolute Gasteiger partial charge is 0.309 e. The van der Waals surface area contributed by atoms with E-state index < -0.39 is 0 Å². The molecule has 0 bridgehead atoms. The summed E-state index contributed by atoms with van der Waals surface area (Å²) in [6.45, 7) is 14.4. The van der Waals surface area contributed by atoms with Crippen LogP contribution in [0.4, 0.5) is 0 Å². The third-order valence-corrected chi connectivity index (χ3v) is 5.74. The lowest BCUT2D eigenvalue weighted by molar-refractivity contribution is -0.00708. The molecule has 2 heteroatoms. The first-order valence-corrected chi connectivity index (χ1v) is 8.47. The minimum Gasteiger partial charge on any atom is -0.309 e. The molecule has 112 valence electrons. The van der Waals surface area contributed by atoms with Crippen molar-refractivity contribution in [1.29, 1.82) is 0 Å². The average molecular weight is 266 g/mol. The van der Waals surface area contributed by atoms with Crippen molar-refractivity contribution in [2.24, 2.45) is 11.8 Å². The highest BCUT2D eigenvalue weighted by Gasteiger charge is 2.40. The lowest BCUT2D eigenvalue weighted by Gasteiger charge is -2.52. The molecule has 19 heavy (non-hydrogen) atoms. The first-order chi connectivity index (χ1) is 8.97. The number of nitrogens with zero attached hydrogens (tertiary/aromatic N) is 1. The summed E-state index contributed by atoms with van der Waals surface area (Å²) in [5.74, 6) is 1.64. The predicted molar refractivity (Wildman–Crippen MR) is 83.5 cm³/mol. The summed E-state index contributed by atoms with van der Waals surface area (Å²) in [6, 6.07) is 1.55. The van der Waals surface area contributed by atoms with Gasteiger partial charge in [0.25, 0.3) is 0 Å². The van der Waals surface area contributed by atoms with Gasteiger partial charge in [0.2, 0.25) is 0 Å². The lowest BCUT2D eigenvalue weighted by atomic mass is 9.80. The van der Waals surface area contributed by atoms with Gasteiger partial charge in [0.1, 0.15) is 0 Å². The molecule has 0 spiro atoms. The molecule has 0 aromatic heterocycles. The van der Waals surface area contributed by atoms with Crippen LogP contribution >= 0.6 is 0 Å². The molecule has 2 fully saturated rings. The van der Waals surface area contributed by atoms with E-state index in [2.05, 4.69) is 44.8 Å². The number of hydrogen-bond donors (Lipinski definition) is 1. The topological polar surface area (TPSA) is 15.3 Å². The van der Waals surface area contributed by atoms with Crippen molar-refractivity contribution in [1.82, 2.24) is 10.2 Å². The van der Waals surface area contributed by atoms with Crippen molar-refractivity contribution in [3.05, 3.63) is 0 Å². The van der Waals surface area contributed by atoms with Gasteiger partial charge in [0, 0.05) is 30.7 Å². The second-order valence-corrected chi connectivity index (χ2v) is 7.61. The molecule has 1 saturated heterocycles. The zero-order valence-corrected chi connectivity index (χ0v) is 13.7. The van der Waals surface area contributed by atoms with E-state index in [-0.39, 0.29) is 0 Å². The Bertz CT molecular complexity index is 289. The van der Waals surface area contributed by atoms with Gasteiger partial charge in [-0.05, 0) is 38.0 Å². The molecule has 2 rings (SSSR count). The fourth-order valence-corrected chi connectivity index (χ4v) is 4.05. The van der Waals surface area contributed by atoms with Crippen LogP contribution in [0, 0.1) is 11.8 Å². The quantitative estimate of drug-likeness (QED) is 0.838. The minimum atomic E-state index is 0.322. The van der Waals surface area contributed by atoms with Crippen LogP contribution in [-0.2, 0) is 0 Å². The highest BCUT2D eigenvalue weighted by molar-refractivity contribution is 4.99. The molecule has 0 radical (unpaired) electrons. The highest BCUT2D eigenvalue weighted by Crippen LogP contribution is 2.34. The van der Waals surface area contributed by atoms with Gasteiger partial charge in [-0.3, -0.25) is 4.90 Å². The van der Waals surface area contributed by atoms with Crippen molar-refractivity contribution in [3.63, 3.8) is 0 Å². The van der Waals surface area contributed by atoms with Gasteiger partial charge >= 0.3 is 0 Å². The molecular weight excluding hydrogens is 232 g/mol. The maximum absolute atomic E-state index is 3.82. The Morgan fingerprint density at radius 2 is 1.95 bits per heavy atom. The smallest absolute Gasteiger partial charge is 0.0278 e. The predicted octanol–water partition coefficient (Wildman–Crippen LogP) is 3.66. The van der Waals surface area contributed by atoms with Crippen molar-refractivity contribution in [2.45, 2.75) is 84.3 Å². The Hall–Kier alpha value is -0.0800. The fraction of sp³-hybridized carbons (Fsp3) is 1.00. The van der Waals surface area contributed by atoms with Crippen LogP contribution in [-0.4, -0.2) is 35.6 Å². The van der Waals surface area contributed by atoms with Crippen LogP contribution in [0.25, 0.3) is 0 Å². The molecule has 1 heterocycles. The maximum Gasteiger partial charge on any atom is 0.0278 e. The van der Waals surface area contributed by atoms with Crippen LogP contribution in [0.5, 0.6) is 0 Å². The van der Waals surface area contributed by atoms with Crippen molar-refractivity contribution in [3.8, 4) is 0 Å². The van der Waals surface area contributed by atoms with Gasteiger partial charge in [0.05, 0.1) is 0 Å². The molecule has 2 nitrogen and oxygen atoms in total. The van der Waals surface area contributed by atoms with E-state index in [4.69, 9.17) is 0 Å². The molecule has 1 aliphatic carbocycles. The lowest BCUT2D eigenvalue weighted by Crippen LogP contribution is -2.67. The zero-order valence-electron chi connectivity index (χ0n) is 13.7. The van der Waals surface area contributed by atoms with Crippen molar-refractivity contribution < 1.29 is 0 Å². The van der Waals surface area contributed by atoms with Gasteiger partial charge in [-0.25, -0.2) is 0 Å². The minimum absolute atomic E-state index is 0.322. The Morgan fingerprint density at radius 1 is 1.26 bits per heavy atom. The fourth-order valence-electron chi connectivity index (χ4n) is 4.05. The van der Waals surface area contributed by atoms with E-state index in [9.17, 15) is 0 Å². The summed E-state index contributed by atoms with van der Waals surface area (Å²) < 4.78 is 0. The number of piperazine rings is 1. The number of hydrogen-bond acceptors (Lipinski definition) is 2. The monoisotopic (exact) mass is 266 g/mol. The van der Waals surface area contributed by atoms with E-state index in [0.29, 0.717) is 5.54 Å². The molecular formula is C17H34N2. The van der Waals surface area contributed by atoms with Gasteiger partial charge < -0.3 is 5.32 Å². The first-order valence-electron chi connectivity index (χ1n) is 8.47. The molecule has 4 atom stereocenters. The average Bonchev–Trinajstić information content (AvgIpc) is 2.39. The third-order valence-electron chi connectivity index (χ3n) is 5.74. The van der Waals surface area contributed by atoms with Crippen LogP contribution in [0.1, 0.15) is 66.7 Å². The molecule has 1 saturated carbocycles. The van der Waals surface area contributed by atoms with Crippen molar-refractivity contribution in [2.75, 3.05) is 13.1 Å². The summed E-state index contributed by atoms with van der Waals surface area (Å²) in [4.78, 5) is 2.88. The highest BCUT2D eigenvalue weighted by atomic mass is 15.3. The molecule has 1 N–H and O–H groups in total. The van der Waals surface area contributed by atoms with Gasteiger partial charge in [0.15, 0.2) is 0 Å². The summed E-state index contributed by atoms with van der Waals surface area (Å²) >= 11 is 0. The van der Waals surface area contributed by atoms with E-state index in [1.807, 2.05) is 0 Å². The number of rotatable bonds is 3. The molecule has 2 aliphatic rings. The Labute approximate surface area is 120 Å². The van der Waals surface area contributed by atoms with Gasteiger partial charge in [-0.1, -0.05) is 40.5 Å². The second kappa shape index (κ2) is 6.13. The summed E-state index contributed by atoms with van der Waals surface area (Å²) in [6.07, 6.45) is 6.97. The van der Waals surface area contributed by atoms with E-state index in [1.165, 1.54) is 45.2 Å². The third kappa shape index (κ3) is 3.33. The Kier molecular flexibility index (Phi) is 4.94. The Morgan fingerprint density at radius 3 is 2.53 bits per heavy atom. The van der Waals surface area contributed by atoms with Gasteiger partial charge in [-0.2, -0.15) is 0 Å². The van der Waals surface area contributed by atoms with Crippen LogP contribution in [0.15, 0.2) is 0 Å². The van der Waals surface area contributed by atoms with Gasteiger partial charge in [-0.15, -0.1) is 0 Å². The standard InChI is InChI=1S/C17H34N2/c1-6-17(5)12-19(16(11-18-17)13(2)3)15-10-8-7-9-14(15)4/h13-16,18H,6-12H2,1-5H3. The summed E-state index contributed by atoms with van der Waals surface area (Å²) in [7, 11) is 0. The summed E-state index contributed by atoms with van der Waals surface area (Å²) in [5.41, 5.74) is 0.322. The van der Waals surface area contributed by atoms with E-state index in [0.717, 1.165) is 23.9 Å². The molecule has 0 amide bonds. The van der Waals surface area contributed by atoms with Crippen molar-refractivity contribution >= 4 is 0 Å².